The number of hydrogen-bond acceptors (Lipinski definition) is 5. The first-order valence-corrected chi connectivity index (χ1v) is 11.4. The van der Waals surface area contributed by atoms with Crippen molar-refractivity contribution in [3.8, 4) is 11.1 Å². The van der Waals surface area contributed by atoms with E-state index in [1.807, 2.05) is 6.92 Å². The standard InChI is InChI=1S/C26H35N3O3/c1-16(2)13-22-21(15-27)25(19-10-8-17(3)9-11-19)20(18(4)28-22)14-24(30)29-12-6-7-23(29)26(31)32-5/h8-11,16,23H,6-7,12-15,27H2,1-5H3/t23-/m1/s1. The summed E-state index contributed by atoms with van der Waals surface area (Å²) in [4.78, 5) is 32.1. The second kappa shape index (κ2) is 10.3. The van der Waals surface area contributed by atoms with E-state index >= 15 is 0 Å². The molecule has 32 heavy (non-hydrogen) atoms. The van der Waals surface area contributed by atoms with Crippen molar-refractivity contribution in [3.05, 3.63) is 52.3 Å². The third kappa shape index (κ3) is 5.01. The van der Waals surface area contributed by atoms with Gasteiger partial charge >= 0.3 is 5.97 Å². The van der Waals surface area contributed by atoms with Crippen LogP contribution < -0.4 is 5.73 Å². The van der Waals surface area contributed by atoms with E-state index in [9.17, 15) is 9.59 Å². The molecule has 2 heterocycles. The Morgan fingerprint density at radius 3 is 2.47 bits per heavy atom. The zero-order valence-electron chi connectivity index (χ0n) is 19.9. The third-order valence-corrected chi connectivity index (χ3v) is 6.21. The molecule has 1 saturated heterocycles. The van der Waals surface area contributed by atoms with Gasteiger partial charge in [0.25, 0.3) is 0 Å². The molecule has 0 radical (unpaired) electrons. The molecule has 0 aliphatic carbocycles. The van der Waals surface area contributed by atoms with E-state index in [2.05, 4.69) is 45.0 Å². The Hall–Kier alpha value is -2.73. The fourth-order valence-corrected chi connectivity index (χ4v) is 4.60. The molecule has 3 rings (SSSR count). The summed E-state index contributed by atoms with van der Waals surface area (Å²) in [7, 11) is 1.37. The molecule has 0 spiro atoms. The zero-order valence-corrected chi connectivity index (χ0v) is 19.9. The van der Waals surface area contributed by atoms with Gasteiger partial charge in [-0.2, -0.15) is 0 Å². The van der Waals surface area contributed by atoms with Crippen molar-refractivity contribution in [3.63, 3.8) is 0 Å². The average molecular weight is 438 g/mol. The highest BCUT2D eigenvalue weighted by Crippen LogP contribution is 2.33. The topological polar surface area (TPSA) is 85.5 Å². The lowest BCUT2D eigenvalue weighted by Gasteiger charge is -2.25. The first-order valence-electron chi connectivity index (χ1n) is 11.4. The van der Waals surface area contributed by atoms with E-state index in [1.165, 1.54) is 12.7 Å². The van der Waals surface area contributed by atoms with E-state index in [0.29, 0.717) is 25.4 Å². The van der Waals surface area contributed by atoms with Crippen molar-refractivity contribution in [2.75, 3.05) is 13.7 Å². The summed E-state index contributed by atoms with van der Waals surface area (Å²) in [5.74, 6) is 0.0195. The molecule has 0 bridgehead atoms. The lowest BCUT2D eigenvalue weighted by molar-refractivity contribution is -0.150. The maximum atomic E-state index is 13.4. The highest BCUT2D eigenvalue weighted by atomic mass is 16.5. The van der Waals surface area contributed by atoms with Crippen LogP contribution in [0.3, 0.4) is 0 Å². The number of pyridine rings is 1. The maximum Gasteiger partial charge on any atom is 0.328 e. The summed E-state index contributed by atoms with van der Waals surface area (Å²) in [5, 5.41) is 0. The second-order valence-electron chi connectivity index (χ2n) is 9.09. The number of amides is 1. The van der Waals surface area contributed by atoms with Gasteiger partial charge in [0.1, 0.15) is 6.04 Å². The number of nitrogens with two attached hydrogens (primary N) is 1. The van der Waals surface area contributed by atoms with Crippen LogP contribution in [0.5, 0.6) is 0 Å². The smallest absolute Gasteiger partial charge is 0.328 e. The van der Waals surface area contributed by atoms with Crippen LogP contribution in [0.2, 0.25) is 0 Å². The summed E-state index contributed by atoms with van der Waals surface area (Å²) in [5.41, 5.74) is 13.2. The number of hydrogen-bond donors (Lipinski definition) is 1. The van der Waals surface area contributed by atoms with Gasteiger partial charge in [0, 0.05) is 24.5 Å². The van der Waals surface area contributed by atoms with Crippen LogP contribution in [-0.2, 0) is 33.7 Å². The number of esters is 1. The predicted octanol–water partition coefficient (Wildman–Crippen LogP) is 3.73. The molecule has 1 atom stereocenters. The van der Waals surface area contributed by atoms with Crippen LogP contribution in [-0.4, -0.2) is 41.5 Å². The van der Waals surface area contributed by atoms with Crippen molar-refractivity contribution < 1.29 is 14.3 Å². The highest BCUT2D eigenvalue weighted by molar-refractivity contribution is 5.88. The summed E-state index contributed by atoms with van der Waals surface area (Å²) in [6.45, 7) is 9.28. The molecule has 1 aliphatic heterocycles. The van der Waals surface area contributed by atoms with Crippen molar-refractivity contribution in [2.24, 2.45) is 11.7 Å². The largest absolute Gasteiger partial charge is 0.467 e. The molecule has 1 fully saturated rings. The number of benzene rings is 1. The number of likely N-dealkylation sites (tertiary alicyclic amines) is 1. The molecule has 1 aliphatic rings. The summed E-state index contributed by atoms with van der Waals surface area (Å²) in [6.07, 6.45) is 2.46. The molecule has 2 N–H and O–H groups in total. The van der Waals surface area contributed by atoms with E-state index in [4.69, 9.17) is 15.5 Å². The van der Waals surface area contributed by atoms with Gasteiger partial charge in [0.05, 0.1) is 13.5 Å². The number of carbonyl (C=O) groups excluding carboxylic acids is 2. The molecule has 6 nitrogen and oxygen atoms in total. The molecule has 2 aromatic rings. The quantitative estimate of drug-likeness (QED) is 0.667. The van der Waals surface area contributed by atoms with Gasteiger partial charge in [-0.25, -0.2) is 4.79 Å². The normalized spacial score (nSPS) is 16.0. The van der Waals surface area contributed by atoms with Gasteiger partial charge in [0.2, 0.25) is 5.91 Å². The van der Waals surface area contributed by atoms with Crippen molar-refractivity contribution in [1.29, 1.82) is 0 Å². The van der Waals surface area contributed by atoms with E-state index in [-0.39, 0.29) is 18.3 Å². The first-order chi connectivity index (χ1) is 15.3. The average Bonchev–Trinajstić information content (AvgIpc) is 3.25. The Kier molecular flexibility index (Phi) is 7.67. The summed E-state index contributed by atoms with van der Waals surface area (Å²) >= 11 is 0. The van der Waals surface area contributed by atoms with Gasteiger partial charge in [-0.1, -0.05) is 43.7 Å². The summed E-state index contributed by atoms with van der Waals surface area (Å²) in [6, 6.07) is 7.82. The molecular formula is C26H35N3O3. The van der Waals surface area contributed by atoms with Crippen molar-refractivity contribution in [2.45, 2.75) is 66.0 Å². The van der Waals surface area contributed by atoms with Gasteiger partial charge < -0.3 is 15.4 Å². The number of carbonyl (C=O) groups is 2. The molecule has 1 amide bonds. The van der Waals surface area contributed by atoms with Crippen molar-refractivity contribution >= 4 is 11.9 Å². The maximum absolute atomic E-state index is 13.4. The van der Waals surface area contributed by atoms with E-state index in [0.717, 1.165) is 46.5 Å². The van der Waals surface area contributed by atoms with Gasteiger partial charge in [0.15, 0.2) is 0 Å². The highest BCUT2D eigenvalue weighted by Gasteiger charge is 2.35. The minimum Gasteiger partial charge on any atom is -0.467 e. The number of ether oxygens (including phenoxy) is 1. The number of methoxy groups -OCH3 is 1. The molecular weight excluding hydrogens is 402 g/mol. The predicted molar refractivity (Wildman–Crippen MR) is 126 cm³/mol. The Morgan fingerprint density at radius 2 is 1.88 bits per heavy atom. The number of aromatic nitrogens is 1. The lowest BCUT2D eigenvalue weighted by Crippen LogP contribution is -2.42. The Bertz CT molecular complexity index is 983. The van der Waals surface area contributed by atoms with Crippen LogP contribution in [0.4, 0.5) is 0 Å². The third-order valence-electron chi connectivity index (χ3n) is 6.21. The Labute approximate surface area is 191 Å². The van der Waals surface area contributed by atoms with Gasteiger partial charge in [-0.05, 0) is 61.3 Å². The zero-order chi connectivity index (χ0) is 23.4. The van der Waals surface area contributed by atoms with Gasteiger partial charge in [-0.15, -0.1) is 0 Å². The lowest BCUT2D eigenvalue weighted by atomic mass is 9.88. The van der Waals surface area contributed by atoms with Crippen LogP contribution in [0, 0.1) is 19.8 Å². The van der Waals surface area contributed by atoms with Crippen molar-refractivity contribution in [1.82, 2.24) is 9.88 Å². The monoisotopic (exact) mass is 437 g/mol. The van der Waals surface area contributed by atoms with Crippen LogP contribution in [0.15, 0.2) is 24.3 Å². The van der Waals surface area contributed by atoms with Crippen LogP contribution in [0.1, 0.15) is 54.8 Å². The molecule has 0 unspecified atom stereocenters. The SMILES string of the molecule is COC(=O)[C@H]1CCCN1C(=O)Cc1c(C)nc(CC(C)C)c(CN)c1-c1ccc(C)cc1. The van der Waals surface area contributed by atoms with Crippen LogP contribution in [0.25, 0.3) is 11.1 Å². The number of nitrogens with zero attached hydrogens (tertiary/aromatic N) is 2. The number of aryl methyl sites for hydroxylation is 2. The van der Waals surface area contributed by atoms with E-state index in [1.54, 1.807) is 4.90 Å². The van der Waals surface area contributed by atoms with Crippen LogP contribution >= 0.6 is 0 Å². The molecule has 1 aromatic heterocycles. The molecule has 0 saturated carbocycles. The minimum atomic E-state index is -0.502. The summed E-state index contributed by atoms with van der Waals surface area (Å²) < 4.78 is 4.92. The van der Waals surface area contributed by atoms with Gasteiger partial charge in [-0.3, -0.25) is 9.78 Å². The Morgan fingerprint density at radius 1 is 1.19 bits per heavy atom. The molecule has 1 aromatic carbocycles. The second-order valence-corrected chi connectivity index (χ2v) is 9.09. The minimum absolute atomic E-state index is 0.0734. The number of rotatable bonds is 7. The van der Waals surface area contributed by atoms with E-state index < -0.39 is 6.04 Å². The Balaban J connectivity index is 2.09. The fourth-order valence-electron chi connectivity index (χ4n) is 4.60. The first kappa shape index (κ1) is 23.9. The molecule has 172 valence electrons. The fraction of sp³-hybridized carbons (Fsp3) is 0.500. The molecule has 6 heteroatoms.